The molecule has 0 spiro atoms. The molecule has 3 aromatic heterocycles. The lowest BCUT2D eigenvalue weighted by Gasteiger charge is -2.09. The van der Waals surface area contributed by atoms with Crippen LogP contribution in [-0.2, 0) is 19.3 Å². The number of nitrogens with zero attached hydrogens (tertiary/aromatic N) is 4. The second kappa shape index (κ2) is 8.50. The molecule has 1 aliphatic rings. The highest BCUT2D eigenvalue weighted by molar-refractivity contribution is 7.17. The van der Waals surface area contributed by atoms with Crippen LogP contribution in [0.25, 0.3) is 16.1 Å². The third-order valence-electron chi connectivity index (χ3n) is 5.42. The summed E-state index contributed by atoms with van der Waals surface area (Å²) < 4.78 is 2.00. The van der Waals surface area contributed by atoms with Crippen LogP contribution in [0.3, 0.4) is 0 Å². The summed E-state index contributed by atoms with van der Waals surface area (Å²) in [5.41, 5.74) is 6.68. The number of Topliss-reactive ketones (excluding diaryl/α,β-unsaturated/α-hetero) is 1. The number of rotatable bonds is 4. The zero-order valence-electron chi connectivity index (χ0n) is 16.5. The number of ketones is 1. The summed E-state index contributed by atoms with van der Waals surface area (Å²) in [5, 5.41) is 0.604. The maximum Gasteiger partial charge on any atom is 0.195 e. The lowest BCUT2D eigenvalue weighted by Crippen LogP contribution is -2.05. The molecule has 0 unspecified atom stereocenters. The number of thiazole rings is 1. The van der Waals surface area contributed by atoms with Crippen LogP contribution in [0.1, 0.15) is 38.6 Å². The summed E-state index contributed by atoms with van der Waals surface area (Å²) in [7, 11) is 0. The van der Waals surface area contributed by atoms with E-state index in [-0.39, 0.29) is 18.2 Å². The van der Waals surface area contributed by atoms with Gasteiger partial charge in [-0.3, -0.25) is 9.78 Å². The Morgan fingerprint density at radius 2 is 2.07 bits per heavy atom. The second-order valence-corrected chi connectivity index (χ2v) is 8.36. The molecule has 0 amide bonds. The number of benzene rings is 1. The van der Waals surface area contributed by atoms with E-state index in [4.69, 9.17) is 4.98 Å². The molecule has 0 radical (unpaired) electrons. The maximum absolute atomic E-state index is 13.0. The van der Waals surface area contributed by atoms with Gasteiger partial charge in [-0.1, -0.05) is 6.07 Å². The molecule has 0 bridgehead atoms. The minimum absolute atomic E-state index is 0. The summed E-state index contributed by atoms with van der Waals surface area (Å²) in [6, 6.07) is 8.44. The lowest BCUT2D eigenvalue weighted by atomic mass is 10.0. The van der Waals surface area contributed by atoms with Crippen molar-refractivity contribution >= 4 is 29.5 Å². The molecule has 0 aliphatic heterocycles. The molecule has 0 fully saturated rings. The molecule has 3 heterocycles. The van der Waals surface area contributed by atoms with E-state index >= 15 is 0 Å². The van der Waals surface area contributed by atoms with Crippen LogP contribution in [0.2, 0.25) is 0 Å². The van der Waals surface area contributed by atoms with Gasteiger partial charge in [0.25, 0.3) is 0 Å². The van der Waals surface area contributed by atoms with Crippen molar-refractivity contribution in [3.05, 3.63) is 82.8 Å². The third kappa shape index (κ3) is 3.80. The topological polar surface area (TPSA) is 60.7 Å². The summed E-state index contributed by atoms with van der Waals surface area (Å²) >= 11 is 1.53. The number of aryl methyl sites for hydroxylation is 3. The number of pyridine rings is 1. The van der Waals surface area contributed by atoms with Gasteiger partial charge in [0.1, 0.15) is 0 Å². The molecular weight excluding hydrogens is 416 g/mol. The third-order valence-corrected chi connectivity index (χ3v) is 6.60. The quantitative estimate of drug-likeness (QED) is 0.421. The standard InChI is InChI=1S/C23H20N4OS.ClH/c1-15-13-24-8-7-17(15)11-21(28)23-26-20-4-2-3-16-5-6-18(27-10-9-25-14-27)12-19(16)22(20)29-23;/h5-10,12-14H,2-4,11H2,1H3;1H. The molecule has 4 aromatic rings. The molecular formula is C23H21ClN4OS. The molecule has 7 heteroatoms. The molecule has 1 aromatic carbocycles. The van der Waals surface area contributed by atoms with Crippen molar-refractivity contribution in [3.63, 3.8) is 0 Å². The number of carbonyl (C=O) groups excluding carboxylic acids is 1. The number of aromatic nitrogens is 4. The minimum atomic E-state index is 0. The zero-order chi connectivity index (χ0) is 19.8. The average Bonchev–Trinajstić information content (AvgIpc) is 3.38. The van der Waals surface area contributed by atoms with E-state index in [2.05, 4.69) is 28.2 Å². The first-order chi connectivity index (χ1) is 14.2. The molecule has 5 nitrogen and oxygen atoms in total. The maximum atomic E-state index is 13.0. The lowest BCUT2D eigenvalue weighted by molar-refractivity contribution is 0.0992. The average molecular weight is 437 g/mol. The van der Waals surface area contributed by atoms with Gasteiger partial charge in [-0.2, -0.15) is 0 Å². The Morgan fingerprint density at radius 1 is 1.17 bits per heavy atom. The molecule has 0 saturated carbocycles. The first-order valence-electron chi connectivity index (χ1n) is 9.73. The van der Waals surface area contributed by atoms with E-state index in [9.17, 15) is 4.79 Å². The van der Waals surface area contributed by atoms with Crippen LogP contribution in [0.15, 0.2) is 55.4 Å². The summed E-state index contributed by atoms with van der Waals surface area (Å²) in [6.07, 6.45) is 12.4. The van der Waals surface area contributed by atoms with Crippen molar-refractivity contribution in [1.29, 1.82) is 0 Å². The van der Waals surface area contributed by atoms with Crippen LogP contribution >= 0.6 is 23.7 Å². The monoisotopic (exact) mass is 436 g/mol. The van der Waals surface area contributed by atoms with Crippen LogP contribution in [0.5, 0.6) is 0 Å². The predicted octanol–water partition coefficient (Wildman–Crippen LogP) is 5.04. The van der Waals surface area contributed by atoms with E-state index in [1.807, 2.05) is 23.8 Å². The van der Waals surface area contributed by atoms with Gasteiger partial charge in [-0.05, 0) is 66.6 Å². The summed E-state index contributed by atoms with van der Waals surface area (Å²) in [4.78, 5) is 27.1. The normalized spacial score (nSPS) is 12.4. The fraction of sp³-hybridized carbons (Fsp3) is 0.217. The Hall–Kier alpha value is -2.83. The van der Waals surface area contributed by atoms with Gasteiger partial charge in [0.15, 0.2) is 10.8 Å². The van der Waals surface area contributed by atoms with Crippen molar-refractivity contribution < 1.29 is 4.79 Å². The number of fused-ring (bicyclic) bond motifs is 3. The molecule has 5 rings (SSSR count). The van der Waals surface area contributed by atoms with Gasteiger partial charge in [0.2, 0.25) is 0 Å². The SMILES string of the molecule is Cc1cnccc1CC(=O)c1nc2c(s1)-c1cc(-n3ccnc3)ccc1CCC2.Cl. The van der Waals surface area contributed by atoms with E-state index in [0.717, 1.165) is 46.6 Å². The van der Waals surface area contributed by atoms with Crippen LogP contribution in [-0.4, -0.2) is 25.3 Å². The number of halogens is 1. The van der Waals surface area contributed by atoms with Crippen molar-refractivity contribution in [1.82, 2.24) is 19.5 Å². The van der Waals surface area contributed by atoms with Crippen molar-refractivity contribution in [2.45, 2.75) is 32.6 Å². The fourth-order valence-electron chi connectivity index (χ4n) is 3.81. The van der Waals surface area contributed by atoms with Gasteiger partial charge in [-0.15, -0.1) is 23.7 Å². The Balaban J connectivity index is 0.00000218. The Kier molecular flexibility index (Phi) is 5.79. The number of hydrogen-bond donors (Lipinski definition) is 0. The van der Waals surface area contributed by atoms with Gasteiger partial charge >= 0.3 is 0 Å². The molecule has 152 valence electrons. The van der Waals surface area contributed by atoms with Crippen molar-refractivity contribution in [2.24, 2.45) is 0 Å². The van der Waals surface area contributed by atoms with Gasteiger partial charge < -0.3 is 4.57 Å². The predicted molar refractivity (Wildman–Crippen MR) is 121 cm³/mol. The van der Waals surface area contributed by atoms with Gasteiger partial charge in [0.05, 0.1) is 16.9 Å². The Labute approximate surface area is 185 Å². The van der Waals surface area contributed by atoms with E-state index in [1.54, 1.807) is 24.9 Å². The smallest absolute Gasteiger partial charge is 0.195 e. The highest BCUT2D eigenvalue weighted by Gasteiger charge is 2.23. The van der Waals surface area contributed by atoms with Crippen molar-refractivity contribution in [3.8, 4) is 16.1 Å². The van der Waals surface area contributed by atoms with E-state index in [1.165, 1.54) is 22.5 Å². The highest BCUT2D eigenvalue weighted by atomic mass is 35.5. The highest BCUT2D eigenvalue weighted by Crippen LogP contribution is 2.38. The fourth-order valence-corrected chi connectivity index (χ4v) is 4.91. The van der Waals surface area contributed by atoms with Crippen molar-refractivity contribution in [2.75, 3.05) is 0 Å². The largest absolute Gasteiger partial charge is 0.306 e. The second-order valence-electron chi connectivity index (χ2n) is 7.36. The Bertz CT molecular complexity index is 1200. The minimum Gasteiger partial charge on any atom is -0.306 e. The zero-order valence-corrected chi connectivity index (χ0v) is 18.2. The van der Waals surface area contributed by atoms with Gasteiger partial charge in [-0.25, -0.2) is 9.97 Å². The van der Waals surface area contributed by atoms with Crippen LogP contribution in [0, 0.1) is 6.92 Å². The van der Waals surface area contributed by atoms with E-state index < -0.39 is 0 Å². The number of imidazole rings is 1. The summed E-state index contributed by atoms with van der Waals surface area (Å²) in [6.45, 7) is 1.99. The first kappa shape index (κ1) is 20.4. The molecule has 0 N–H and O–H groups in total. The van der Waals surface area contributed by atoms with E-state index in [0.29, 0.717) is 11.4 Å². The molecule has 0 saturated heterocycles. The van der Waals surface area contributed by atoms with Crippen LogP contribution < -0.4 is 0 Å². The summed E-state index contributed by atoms with van der Waals surface area (Å²) in [5.74, 6) is 0.0738. The molecule has 30 heavy (non-hydrogen) atoms. The Morgan fingerprint density at radius 3 is 2.87 bits per heavy atom. The number of carbonyl (C=O) groups is 1. The first-order valence-corrected chi connectivity index (χ1v) is 10.5. The number of hydrogen-bond acceptors (Lipinski definition) is 5. The van der Waals surface area contributed by atoms with Crippen LogP contribution in [0.4, 0.5) is 0 Å². The molecule has 1 aliphatic carbocycles. The molecule has 0 atom stereocenters. The van der Waals surface area contributed by atoms with Gasteiger partial charge in [0, 0.05) is 36.9 Å².